The second-order valence-corrected chi connectivity index (χ2v) is 5.07. The summed E-state index contributed by atoms with van der Waals surface area (Å²) in [5, 5.41) is 14.8. The molecule has 108 valence electrons. The number of carbonyl (C=O) groups is 2. The Bertz CT molecular complexity index is 533. The van der Waals surface area contributed by atoms with Gasteiger partial charge in [-0.15, -0.1) is 0 Å². The van der Waals surface area contributed by atoms with Gasteiger partial charge < -0.3 is 15.7 Å². The number of carboxylic acid groups (broad SMARTS) is 1. The highest BCUT2D eigenvalue weighted by Crippen LogP contribution is 2.20. The predicted molar refractivity (Wildman–Crippen MR) is 72.2 cm³/mol. The third kappa shape index (κ3) is 3.33. The first-order chi connectivity index (χ1) is 9.47. The number of rotatable bonds is 3. The zero-order chi connectivity index (χ0) is 14.7. The minimum absolute atomic E-state index is 0.107. The average molecular weight is 280 g/mol. The van der Waals surface area contributed by atoms with Crippen molar-refractivity contribution in [1.29, 1.82) is 0 Å². The molecule has 1 saturated heterocycles. The summed E-state index contributed by atoms with van der Waals surface area (Å²) in [6, 6.07) is 3.83. The summed E-state index contributed by atoms with van der Waals surface area (Å²) in [5.74, 6) is -2.43. The molecule has 0 radical (unpaired) electrons. The Morgan fingerprint density at radius 1 is 1.45 bits per heavy atom. The molecule has 3 N–H and O–H groups in total. The predicted octanol–water partition coefficient (Wildman–Crippen LogP) is 1.85. The van der Waals surface area contributed by atoms with Gasteiger partial charge in [0.05, 0.1) is 5.56 Å². The number of anilines is 1. The number of carbonyl (C=O) groups excluding carboxylic acids is 1. The average Bonchev–Trinajstić information content (AvgIpc) is 2.40. The van der Waals surface area contributed by atoms with Gasteiger partial charge in [-0.1, -0.05) is 0 Å². The number of hydrogen-bond acceptors (Lipinski definition) is 3. The Balaban J connectivity index is 2.07. The van der Waals surface area contributed by atoms with Crippen LogP contribution in [0.3, 0.4) is 0 Å². The maximum atomic E-state index is 13.3. The van der Waals surface area contributed by atoms with Gasteiger partial charge in [-0.2, -0.15) is 0 Å². The van der Waals surface area contributed by atoms with Gasteiger partial charge in [0.25, 0.3) is 0 Å². The fourth-order valence-corrected chi connectivity index (χ4v) is 2.38. The van der Waals surface area contributed by atoms with Crippen molar-refractivity contribution >= 4 is 17.6 Å². The molecule has 1 aliphatic rings. The molecule has 1 aromatic rings. The summed E-state index contributed by atoms with van der Waals surface area (Å²) in [4.78, 5) is 22.9. The maximum Gasteiger partial charge on any atom is 0.338 e. The van der Waals surface area contributed by atoms with Crippen molar-refractivity contribution in [3.8, 4) is 0 Å². The Hall–Kier alpha value is -1.95. The second-order valence-electron chi connectivity index (χ2n) is 5.07. The zero-order valence-electron chi connectivity index (χ0n) is 11.1. The molecule has 6 heteroatoms. The molecule has 1 amide bonds. The third-order valence-electron chi connectivity index (χ3n) is 3.46. The lowest BCUT2D eigenvalue weighted by molar-refractivity contribution is -0.120. The molecule has 0 aromatic heterocycles. The number of hydrogen-bond donors (Lipinski definition) is 3. The summed E-state index contributed by atoms with van der Waals surface area (Å²) in [6.45, 7) is 2.79. The van der Waals surface area contributed by atoms with E-state index in [1.165, 1.54) is 6.07 Å². The molecule has 2 atom stereocenters. The number of benzene rings is 1. The molecular formula is C14H17FN2O3. The van der Waals surface area contributed by atoms with Crippen molar-refractivity contribution in [3.63, 3.8) is 0 Å². The van der Waals surface area contributed by atoms with Crippen LogP contribution >= 0.6 is 0 Å². The van der Waals surface area contributed by atoms with Crippen LogP contribution in [-0.4, -0.2) is 29.6 Å². The van der Waals surface area contributed by atoms with Crippen LogP contribution < -0.4 is 10.6 Å². The number of halogens is 1. The molecule has 0 aliphatic carbocycles. The number of carboxylic acids is 1. The number of nitrogens with one attached hydrogen (secondary N) is 2. The van der Waals surface area contributed by atoms with E-state index in [2.05, 4.69) is 10.6 Å². The lowest BCUT2D eigenvalue weighted by Gasteiger charge is -2.27. The number of aromatic carboxylic acids is 1. The van der Waals surface area contributed by atoms with Crippen LogP contribution in [0.15, 0.2) is 18.2 Å². The van der Waals surface area contributed by atoms with E-state index in [1.807, 2.05) is 6.92 Å². The summed E-state index contributed by atoms with van der Waals surface area (Å²) < 4.78 is 13.3. The molecule has 5 nitrogen and oxygen atoms in total. The lowest BCUT2D eigenvalue weighted by atomic mass is 9.92. The summed E-state index contributed by atoms with van der Waals surface area (Å²) >= 11 is 0. The molecule has 2 rings (SSSR count). The molecular weight excluding hydrogens is 263 g/mol. The quantitative estimate of drug-likeness (QED) is 0.789. The molecule has 0 spiro atoms. The van der Waals surface area contributed by atoms with Crippen molar-refractivity contribution in [3.05, 3.63) is 29.6 Å². The Kier molecular flexibility index (Phi) is 4.34. The van der Waals surface area contributed by atoms with Gasteiger partial charge >= 0.3 is 5.97 Å². The van der Waals surface area contributed by atoms with Crippen LogP contribution in [0.5, 0.6) is 0 Å². The van der Waals surface area contributed by atoms with E-state index in [0.29, 0.717) is 5.69 Å². The van der Waals surface area contributed by atoms with Crippen molar-refractivity contribution in [2.45, 2.75) is 25.8 Å². The van der Waals surface area contributed by atoms with Crippen LogP contribution in [0.25, 0.3) is 0 Å². The molecule has 2 unspecified atom stereocenters. The minimum atomic E-state index is -1.35. The van der Waals surface area contributed by atoms with E-state index in [1.54, 1.807) is 0 Å². The normalized spacial score (nSPS) is 22.3. The second kappa shape index (κ2) is 6.00. The summed E-state index contributed by atoms with van der Waals surface area (Å²) in [6.07, 6.45) is 1.47. The van der Waals surface area contributed by atoms with Gasteiger partial charge in [-0.05, 0) is 44.5 Å². The molecule has 0 saturated carbocycles. The van der Waals surface area contributed by atoms with Crippen molar-refractivity contribution in [1.82, 2.24) is 5.32 Å². The smallest absolute Gasteiger partial charge is 0.338 e. The van der Waals surface area contributed by atoms with Crippen molar-refractivity contribution in [2.24, 2.45) is 5.92 Å². The SMILES string of the molecule is CC1CC(C(=O)Nc2ccc(F)c(C(=O)O)c2)CCN1. The highest BCUT2D eigenvalue weighted by atomic mass is 19.1. The molecule has 0 bridgehead atoms. The van der Waals surface area contributed by atoms with E-state index in [9.17, 15) is 14.0 Å². The molecule has 1 heterocycles. The van der Waals surface area contributed by atoms with E-state index in [0.717, 1.165) is 31.5 Å². The van der Waals surface area contributed by atoms with E-state index in [-0.39, 0.29) is 17.9 Å². The third-order valence-corrected chi connectivity index (χ3v) is 3.46. The first-order valence-electron chi connectivity index (χ1n) is 6.54. The highest BCUT2D eigenvalue weighted by molar-refractivity contribution is 5.95. The van der Waals surface area contributed by atoms with E-state index in [4.69, 9.17) is 5.11 Å². The standard InChI is InChI=1S/C14H17FN2O3/c1-8-6-9(4-5-16-8)13(18)17-10-2-3-12(15)11(7-10)14(19)20/h2-3,7-9,16H,4-6H2,1H3,(H,17,18)(H,19,20). The van der Waals surface area contributed by atoms with Gasteiger partial charge in [-0.25, -0.2) is 9.18 Å². The van der Waals surface area contributed by atoms with Gasteiger partial charge in [0.1, 0.15) is 5.82 Å². The number of piperidine rings is 1. The monoisotopic (exact) mass is 280 g/mol. The highest BCUT2D eigenvalue weighted by Gasteiger charge is 2.25. The molecule has 1 fully saturated rings. The summed E-state index contributed by atoms with van der Waals surface area (Å²) in [7, 11) is 0. The molecule has 20 heavy (non-hydrogen) atoms. The van der Waals surface area contributed by atoms with Crippen molar-refractivity contribution in [2.75, 3.05) is 11.9 Å². The van der Waals surface area contributed by atoms with Gasteiger partial charge in [0.15, 0.2) is 0 Å². The molecule has 1 aliphatic heterocycles. The van der Waals surface area contributed by atoms with Crippen LogP contribution in [0.4, 0.5) is 10.1 Å². The molecule has 1 aromatic carbocycles. The minimum Gasteiger partial charge on any atom is -0.478 e. The van der Waals surface area contributed by atoms with Gasteiger partial charge in [0, 0.05) is 17.6 Å². The lowest BCUT2D eigenvalue weighted by Crippen LogP contribution is -2.40. The maximum absolute atomic E-state index is 13.3. The topological polar surface area (TPSA) is 78.4 Å². The van der Waals surface area contributed by atoms with Crippen LogP contribution in [0.1, 0.15) is 30.1 Å². The van der Waals surface area contributed by atoms with Crippen LogP contribution in [0, 0.1) is 11.7 Å². The fraction of sp³-hybridized carbons (Fsp3) is 0.429. The first kappa shape index (κ1) is 14.5. The van der Waals surface area contributed by atoms with Gasteiger partial charge in [-0.3, -0.25) is 4.79 Å². The van der Waals surface area contributed by atoms with E-state index >= 15 is 0 Å². The van der Waals surface area contributed by atoms with Gasteiger partial charge in [0.2, 0.25) is 5.91 Å². The van der Waals surface area contributed by atoms with Crippen LogP contribution in [-0.2, 0) is 4.79 Å². The Morgan fingerprint density at radius 2 is 2.20 bits per heavy atom. The first-order valence-corrected chi connectivity index (χ1v) is 6.54. The fourth-order valence-electron chi connectivity index (χ4n) is 2.38. The van der Waals surface area contributed by atoms with Crippen molar-refractivity contribution < 1.29 is 19.1 Å². The Labute approximate surface area is 116 Å². The summed E-state index contributed by atoms with van der Waals surface area (Å²) in [5.41, 5.74) is -0.138. The zero-order valence-corrected chi connectivity index (χ0v) is 11.1. The Morgan fingerprint density at radius 3 is 2.85 bits per heavy atom. The largest absolute Gasteiger partial charge is 0.478 e. The van der Waals surface area contributed by atoms with E-state index < -0.39 is 17.3 Å². The van der Waals surface area contributed by atoms with Crippen LogP contribution in [0.2, 0.25) is 0 Å². The number of amides is 1.